The van der Waals surface area contributed by atoms with Crippen LogP contribution in [-0.2, 0) is 10.1 Å². The largest absolute Gasteiger partial charge is 0.285 e. The van der Waals surface area contributed by atoms with Gasteiger partial charge in [0.05, 0.1) is 5.25 Å². The minimum absolute atomic E-state index is 0.162. The van der Waals surface area contributed by atoms with E-state index in [9.17, 15) is 8.42 Å². The summed E-state index contributed by atoms with van der Waals surface area (Å²) < 4.78 is 30.7. The van der Waals surface area contributed by atoms with Gasteiger partial charge < -0.3 is 0 Å². The SMILES string of the molecule is CCC(C1CCSC1)S(=O)(=O)O. The van der Waals surface area contributed by atoms with Crippen LogP contribution in [0.1, 0.15) is 19.8 Å². The summed E-state index contributed by atoms with van der Waals surface area (Å²) in [5.74, 6) is 2.06. The highest BCUT2D eigenvalue weighted by molar-refractivity contribution is 7.99. The minimum atomic E-state index is -3.81. The first-order valence-corrected chi connectivity index (χ1v) is 6.75. The molecule has 2 atom stereocenters. The molecule has 2 unspecified atom stereocenters. The molecule has 0 saturated carbocycles. The molecule has 0 radical (unpaired) electrons. The van der Waals surface area contributed by atoms with Crippen LogP contribution in [0.3, 0.4) is 0 Å². The summed E-state index contributed by atoms with van der Waals surface area (Å²) >= 11 is 1.77. The molecule has 0 bridgehead atoms. The predicted octanol–water partition coefficient (Wildman–Crippen LogP) is 1.41. The van der Waals surface area contributed by atoms with E-state index < -0.39 is 15.4 Å². The van der Waals surface area contributed by atoms with Gasteiger partial charge in [0.25, 0.3) is 10.1 Å². The number of rotatable bonds is 3. The molecule has 3 nitrogen and oxygen atoms in total. The first kappa shape index (κ1) is 10.3. The summed E-state index contributed by atoms with van der Waals surface area (Å²) in [6, 6.07) is 0. The quantitative estimate of drug-likeness (QED) is 0.715. The zero-order chi connectivity index (χ0) is 9.19. The van der Waals surface area contributed by atoms with Gasteiger partial charge in [-0.2, -0.15) is 20.2 Å². The second-order valence-corrected chi connectivity index (χ2v) is 5.87. The van der Waals surface area contributed by atoms with Crippen LogP contribution in [0.15, 0.2) is 0 Å². The third-order valence-electron chi connectivity index (χ3n) is 2.28. The minimum Gasteiger partial charge on any atom is -0.285 e. The van der Waals surface area contributed by atoms with Gasteiger partial charge in [-0.15, -0.1) is 0 Å². The van der Waals surface area contributed by atoms with Crippen LogP contribution >= 0.6 is 11.8 Å². The maximum Gasteiger partial charge on any atom is 0.268 e. The Hall–Kier alpha value is 0.260. The first-order valence-electron chi connectivity index (χ1n) is 4.09. The van der Waals surface area contributed by atoms with Gasteiger partial charge in [-0.05, 0) is 30.3 Å². The van der Waals surface area contributed by atoms with Crippen molar-refractivity contribution in [3.05, 3.63) is 0 Å². The molecule has 1 saturated heterocycles. The lowest BCUT2D eigenvalue weighted by atomic mass is 10.0. The average molecular weight is 210 g/mol. The molecular formula is C7H14O3S2. The van der Waals surface area contributed by atoms with Crippen LogP contribution in [-0.4, -0.2) is 29.7 Å². The van der Waals surface area contributed by atoms with E-state index in [2.05, 4.69) is 0 Å². The molecule has 72 valence electrons. The molecule has 5 heteroatoms. The Morgan fingerprint density at radius 3 is 2.67 bits per heavy atom. The van der Waals surface area contributed by atoms with Crippen LogP contribution in [0, 0.1) is 5.92 Å². The molecule has 0 aromatic heterocycles. The monoisotopic (exact) mass is 210 g/mol. The molecule has 0 aromatic rings. The van der Waals surface area contributed by atoms with Crippen molar-refractivity contribution >= 4 is 21.9 Å². The van der Waals surface area contributed by atoms with Gasteiger partial charge in [0.1, 0.15) is 0 Å². The highest BCUT2D eigenvalue weighted by Gasteiger charge is 2.32. The van der Waals surface area contributed by atoms with Crippen molar-refractivity contribution < 1.29 is 13.0 Å². The van der Waals surface area contributed by atoms with Crippen molar-refractivity contribution in [2.24, 2.45) is 5.92 Å². The molecule has 1 N–H and O–H groups in total. The van der Waals surface area contributed by atoms with E-state index in [-0.39, 0.29) is 5.92 Å². The molecule has 0 spiro atoms. The molecule has 0 aliphatic carbocycles. The standard InChI is InChI=1S/C7H14O3S2/c1-2-7(12(8,9)10)6-3-4-11-5-6/h6-7H,2-5H2,1H3,(H,8,9,10). The molecule has 1 rings (SSSR count). The van der Waals surface area contributed by atoms with E-state index in [1.54, 1.807) is 18.7 Å². The van der Waals surface area contributed by atoms with Crippen LogP contribution in [0.5, 0.6) is 0 Å². The topological polar surface area (TPSA) is 54.4 Å². The number of hydrogen-bond donors (Lipinski definition) is 1. The summed E-state index contributed by atoms with van der Waals surface area (Å²) in [5.41, 5.74) is 0. The molecule has 0 aromatic carbocycles. The van der Waals surface area contributed by atoms with Crippen molar-refractivity contribution in [1.82, 2.24) is 0 Å². The lowest BCUT2D eigenvalue weighted by molar-refractivity contribution is 0.429. The Kier molecular flexibility index (Phi) is 3.43. The third-order valence-corrected chi connectivity index (χ3v) is 4.95. The fourth-order valence-corrected chi connectivity index (χ4v) is 4.23. The van der Waals surface area contributed by atoms with E-state index in [1.807, 2.05) is 0 Å². The summed E-state index contributed by atoms with van der Waals surface area (Å²) in [6.45, 7) is 1.81. The molecule has 1 fully saturated rings. The van der Waals surface area contributed by atoms with E-state index in [4.69, 9.17) is 4.55 Å². The number of thioether (sulfide) groups is 1. The van der Waals surface area contributed by atoms with Crippen LogP contribution in [0.25, 0.3) is 0 Å². The second-order valence-electron chi connectivity index (χ2n) is 3.09. The lowest BCUT2D eigenvalue weighted by Crippen LogP contribution is -2.28. The summed E-state index contributed by atoms with van der Waals surface area (Å²) in [5, 5.41) is -0.535. The van der Waals surface area contributed by atoms with Gasteiger partial charge >= 0.3 is 0 Å². The van der Waals surface area contributed by atoms with Crippen molar-refractivity contribution in [3.63, 3.8) is 0 Å². The van der Waals surface area contributed by atoms with Crippen molar-refractivity contribution in [2.45, 2.75) is 25.0 Å². The second kappa shape index (κ2) is 3.98. The Bertz CT molecular complexity index is 229. The Balaban J connectivity index is 2.68. The van der Waals surface area contributed by atoms with E-state index in [0.29, 0.717) is 6.42 Å². The smallest absolute Gasteiger partial charge is 0.268 e. The van der Waals surface area contributed by atoms with Gasteiger partial charge in [-0.25, -0.2) is 0 Å². The third kappa shape index (κ3) is 2.37. The lowest BCUT2D eigenvalue weighted by Gasteiger charge is -2.17. The molecule has 0 amide bonds. The van der Waals surface area contributed by atoms with E-state index in [1.165, 1.54) is 0 Å². The van der Waals surface area contributed by atoms with Gasteiger partial charge in [-0.3, -0.25) is 4.55 Å². The Morgan fingerprint density at radius 2 is 2.33 bits per heavy atom. The first-order chi connectivity index (χ1) is 5.55. The van der Waals surface area contributed by atoms with Crippen molar-refractivity contribution in [2.75, 3.05) is 11.5 Å². The van der Waals surface area contributed by atoms with E-state index in [0.717, 1.165) is 17.9 Å². The molecular weight excluding hydrogens is 196 g/mol. The van der Waals surface area contributed by atoms with Crippen LogP contribution in [0.4, 0.5) is 0 Å². The Labute approximate surface area is 77.7 Å². The zero-order valence-electron chi connectivity index (χ0n) is 7.06. The molecule has 1 heterocycles. The molecule has 1 aliphatic heterocycles. The van der Waals surface area contributed by atoms with Gasteiger partial charge in [0, 0.05) is 0 Å². The van der Waals surface area contributed by atoms with Crippen molar-refractivity contribution in [3.8, 4) is 0 Å². The van der Waals surface area contributed by atoms with Crippen molar-refractivity contribution in [1.29, 1.82) is 0 Å². The fraction of sp³-hybridized carbons (Fsp3) is 1.00. The van der Waals surface area contributed by atoms with Gasteiger partial charge in [0.2, 0.25) is 0 Å². The predicted molar refractivity (Wildman–Crippen MR) is 51.1 cm³/mol. The zero-order valence-corrected chi connectivity index (χ0v) is 8.70. The summed E-state index contributed by atoms with van der Waals surface area (Å²) in [7, 11) is -3.81. The molecule has 12 heavy (non-hydrogen) atoms. The maximum absolute atomic E-state index is 10.9. The Morgan fingerprint density at radius 1 is 1.67 bits per heavy atom. The molecule has 1 aliphatic rings. The summed E-state index contributed by atoms with van der Waals surface area (Å²) in [4.78, 5) is 0. The van der Waals surface area contributed by atoms with Gasteiger partial charge in [0.15, 0.2) is 0 Å². The van der Waals surface area contributed by atoms with E-state index >= 15 is 0 Å². The highest BCUT2D eigenvalue weighted by atomic mass is 32.2. The van der Waals surface area contributed by atoms with Gasteiger partial charge in [-0.1, -0.05) is 6.92 Å². The van der Waals surface area contributed by atoms with Crippen LogP contribution in [0.2, 0.25) is 0 Å². The fourth-order valence-electron chi connectivity index (χ4n) is 1.63. The maximum atomic E-state index is 10.9. The number of hydrogen-bond acceptors (Lipinski definition) is 3. The average Bonchev–Trinajstić information content (AvgIpc) is 2.38. The van der Waals surface area contributed by atoms with Crippen LogP contribution < -0.4 is 0 Å². The normalized spacial score (nSPS) is 27.3. The highest BCUT2D eigenvalue weighted by Crippen LogP contribution is 2.30. The summed E-state index contributed by atoms with van der Waals surface area (Å²) in [6.07, 6.45) is 1.44.